The van der Waals surface area contributed by atoms with E-state index in [4.69, 9.17) is 36.1 Å². The second-order valence-corrected chi connectivity index (χ2v) is 12.3. The predicted octanol–water partition coefficient (Wildman–Crippen LogP) is -0.00350. The summed E-state index contributed by atoms with van der Waals surface area (Å²) in [4.78, 5) is 48.3. The maximum absolute atomic E-state index is 16.1. The third-order valence-corrected chi connectivity index (χ3v) is 8.79. The number of fused-ring (bicyclic) bond motifs is 5. The average Bonchev–Trinajstić information content (AvgIpc) is 3.64. The van der Waals surface area contributed by atoms with Crippen LogP contribution < -0.4 is 16.9 Å². The highest BCUT2D eigenvalue weighted by molar-refractivity contribution is 8.07. The van der Waals surface area contributed by atoms with Crippen molar-refractivity contribution in [1.82, 2.24) is 39.5 Å². The Bertz CT molecular complexity index is 1760. The van der Waals surface area contributed by atoms with Crippen LogP contribution in [0.3, 0.4) is 0 Å². The molecule has 4 aromatic heterocycles. The van der Waals surface area contributed by atoms with Crippen LogP contribution in [-0.2, 0) is 30.3 Å². The third kappa shape index (κ3) is 4.10. The zero-order valence-electron chi connectivity index (χ0n) is 19.8. The van der Waals surface area contributed by atoms with Crippen molar-refractivity contribution in [2.75, 3.05) is 12.3 Å². The Morgan fingerprint density at radius 1 is 1.18 bits per heavy atom. The molecule has 0 amide bonds. The molecule has 0 aliphatic carbocycles. The first-order chi connectivity index (χ1) is 18.7. The molecule has 19 heteroatoms. The molecular formula is C20H21FN9O7PS. The Morgan fingerprint density at radius 2 is 2.03 bits per heavy atom. The highest BCUT2D eigenvalue weighted by Crippen LogP contribution is 2.53. The molecule has 16 nitrogen and oxygen atoms in total. The summed E-state index contributed by atoms with van der Waals surface area (Å²) in [7, 11) is 0. The molecule has 4 aromatic rings. The monoisotopic (exact) mass is 581 g/mol. The van der Waals surface area contributed by atoms with Crippen LogP contribution >= 0.6 is 6.72 Å². The highest BCUT2D eigenvalue weighted by atomic mass is 32.5. The van der Waals surface area contributed by atoms with Crippen molar-refractivity contribution in [3.63, 3.8) is 0 Å². The number of ether oxygens (including phenoxy) is 2. The Kier molecular flexibility index (Phi) is 5.71. The highest BCUT2D eigenvalue weighted by Gasteiger charge is 2.51. The quantitative estimate of drug-likeness (QED) is 0.230. The Labute approximate surface area is 221 Å². The van der Waals surface area contributed by atoms with E-state index in [-0.39, 0.29) is 47.8 Å². The Morgan fingerprint density at radius 3 is 2.87 bits per heavy atom. The number of nitrogens with two attached hydrogens (primary N) is 1. The standard InChI is InChI=1S/C20H21FN9O7PS/c21-12-9-3-7-4-10(18(35-7)30-15-13(27-28-30)17(32)26-20(22)25-15)37-38(33,39)34-5-11(9)36-19(12)29-2-1-8-14(29)23-6-24-16(8)31/h1-2,6-7,9-12,18-19H,3-5H2,(H,33,39)(H,23,24,31)(H3,22,25,26,32)/t7?,9?,10-,11-,12+,18-,19-,38?/m1/s1. The molecule has 0 saturated carbocycles. The van der Waals surface area contributed by atoms with E-state index in [2.05, 4.69) is 30.2 Å². The van der Waals surface area contributed by atoms with E-state index < -0.39 is 55.1 Å². The Balaban J connectivity index is 1.23. The molecule has 206 valence electrons. The van der Waals surface area contributed by atoms with Crippen LogP contribution in [0.15, 0.2) is 28.2 Å². The van der Waals surface area contributed by atoms with E-state index in [0.29, 0.717) is 5.39 Å². The molecule has 7 heterocycles. The molecule has 3 unspecified atom stereocenters. The fraction of sp³-hybridized carbons (Fsp3) is 0.500. The fourth-order valence-corrected chi connectivity index (χ4v) is 6.94. The van der Waals surface area contributed by atoms with E-state index >= 15 is 4.39 Å². The van der Waals surface area contributed by atoms with Crippen molar-refractivity contribution >= 4 is 46.7 Å². The molecule has 3 saturated heterocycles. The number of nitrogens with one attached hydrogen (secondary N) is 2. The molecule has 3 aliphatic rings. The van der Waals surface area contributed by atoms with Crippen molar-refractivity contribution in [3.05, 3.63) is 39.3 Å². The molecular weight excluding hydrogens is 560 g/mol. The average molecular weight is 581 g/mol. The van der Waals surface area contributed by atoms with Gasteiger partial charge in [0.25, 0.3) is 11.1 Å². The minimum atomic E-state index is -3.85. The van der Waals surface area contributed by atoms with Crippen LogP contribution in [0.2, 0.25) is 0 Å². The van der Waals surface area contributed by atoms with Crippen molar-refractivity contribution < 1.29 is 27.8 Å². The molecule has 5 N–H and O–H groups in total. The first-order valence-electron chi connectivity index (χ1n) is 11.9. The maximum atomic E-state index is 16.1. The number of rotatable bonds is 2. The third-order valence-electron chi connectivity index (χ3n) is 7.21. The topological polar surface area (TPSA) is 210 Å². The molecule has 3 aliphatic heterocycles. The lowest BCUT2D eigenvalue weighted by Crippen LogP contribution is -2.30. The lowest BCUT2D eigenvalue weighted by Gasteiger charge is -2.26. The van der Waals surface area contributed by atoms with E-state index in [1.165, 1.54) is 27.8 Å². The van der Waals surface area contributed by atoms with Gasteiger partial charge in [-0.15, -0.1) is 5.10 Å². The summed E-state index contributed by atoms with van der Waals surface area (Å²) in [5.74, 6) is -0.876. The number of aromatic nitrogens is 8. The molecule has 0 spiro atoms. The number of nitrogens with zero attached hydrogens (tertiary/aromatic N) is 6. The van der Waals surface area contributed by atoms with Crippen LogP contribution in [0, 0.1) is 5.92 Å². The largest absolute Gasteiger partial charge is 0.369 e. The number of halogens is 1. The van der Waals surface area contributed by atoms with Gasteiger partial charge >= 0.3 is 6.72 Å². The van der Waals surface area contributed by atoms with Crippen LogP contribution in [-0.4, -0.2) is 75.5 Å². The minimum absolute atomic E-state index is 0.0463. The summed E-state index contributed by atoms with van der Waals surface area (Å²) >= 11 is 5.23. The molecule has 0 radical (unpaired) electrons. The van der Waals surface area contributed by atoms with E-state index in [1.54, 1.807) is 0 Å². The van der Waals surface area contributed by atoms with Crippen LogP contribution in [0.1, 0.15) is 25.3 Å². The van der Waals surface area contributed by atoms with E-state index in [0.717, 1.165) is 0 Å². The minimum Gasteiger partial charge on any atom is -0.369 e. The van der Waals surface area contributed by atoms with Crippen molar-refractivity contribution in [3.8, 4) is 0 Å². The molecule has 7 rings (SSSR count). The van der Waals surface area contributed by atoms with Gasteiger partial charge in [0, 0.05) is 18.5 Å². The smallest absolute Gasteiger partial charge is 0.325 e. The fourth-order valence-electron chi connectivity index (χ4n) is 5.50. The van der Waals surface area contributed by atoms with Gasteiger partial charge in [-0.05, 0) is 24.3 Å². The second-order valence-electron chi connectivity index (χ2n) is 9.55. The molecule has 8 atom stereocenters. The molecule has 39 heavy (non-hydrogen) atoms. The lowest BCUT2D eigenvalue weighted by atomic mass is 9.91. The first-order valence-corrected chi connectivity index (χ1v) is 14.5. The van der Waals surface area contributed by atoms with Gasteiger partial charge in [-0.1, -0.05) is 5.21 Å². The second kappa shape index (κ2) is 8.95. The van der Waals surface area contributed by atoms with Crippen LogP contribution in [0.4, 0.5) is 10.3 Å². The number of aromatic amines is 2. The summed E-state index contributed by atoms with van der Waals surface area (Å²) in [5.41, 5.74) is 5.00. The van der Waals surface area contributed by atoms with Gasteiger partial charge < -0.3 is 38.7 Å². The van der Waals surface area contributed by atoms with Gasteiger partial charge in [0.15, 0.2) is 29.8 Å². The van der Waals surface area contributed by atoms with Gasteiger partial charge in [-0.2, -0.15) is 9.67 Å². The molecule has 2 bridgehead atoms. The number of hydrogen-bond donors (Lipinski definition) is 4. The number of hydrogen-bond acceptors (Lipinski definition) is 12. The number of nitrogen functional groups attached to an aromatic ring is 1. The summed E-state index contributed by atoms with van der Waals surface area (Å²) in [6.45, 7) is -4.08. The van der Waals surface area contributed by atoms with Crippen LogP contribution in [0.5, 0.6) is 0 Å². The summed E-state index contributed by atoms with van der Waals surface area (Å²) in [6, 6.07) is 1.54. The zero-order valence-corrected chi connectivity index (χ0v) is 21.5. The lowest BCUT2D eigenvalue weighted by molar-refractivity contribution is -0.0456. The number of anilines is 1. The van der Waals surface area contributed by atoms with Gasteiger partial charge in [-0.3, -0.25) is 14.6 Å². The summed E-state index contributed by atoms with van der Waals surface area (Å²) < 4.78 is 42.4. The summed E-state index contributed by atoms with van der Waals surface area (Å²) in [5, 5.41) is 8.16. The van der Waals surface area contributed by atoms with E-state index in [1.807, 2.05) is 0 Å². The van der Waals surface area contributed by atoms with E-state index in [9.17, 15) is 14.5 Å². The van der Waals surface area contributed by atoms with Gasteiger partial charge in [0.1, 0.15) is 11.8 Å². The van der Waals surface area contributed by atoms with Crippen LogP contribution in [0.25, 0.3) is 22.2 Å². The van der Waals surface area contributed by atoms with Crippen molar-refractivity contribution in [1.29, 1.82) is 0 Å². The number of alkyl halides is 1. The number of H-pyrrole nitrogens is 2. The van der Waals surface area contributed by atoms with Crippen molar-refractivity contribution in [2.24, 2.45) is 5.92 Å². The van der Waals surface area contributed by atoms with Gasteiger partial charge in [0.2, 0.25) is 5.95 Å². The first kappa shape index (κ1) is 24.9. The molecule has 0 aromatic carbocycles. The summed E-state index contributed by atoms with van der Waals surface area (Å²) in [6.07, 6.45) is -2.73. The maximum Gasteiger partial charge on any atom is 0.325 e. The normalized spacial score (nSPS) is 35.0. The van der Waals surface area contributed by atoms with Crippen molar-refractivity contribution in [2.45, 2.75) is 49.8 Å². The van der Waals surface area contributed by atoms with Gasteiger partial charge in [0.05, 0.1) is 30.5 Å². The predicted molar refractivity (Wildman–Crippen MR) is 133 cm³/mol. The molecule has 3 fully saturated rings. The van der Waals surface area contributed by atoms with Gasteiger partial charge in [-0.25, -0.2) is 9.37 Å². The SMILES string of the molecule is Nc1nc2c(nnn2[C@@H]2OC3CC4[C@@H](COP(O)(=S)O[C@@H]2C3)O[C@@H](n2ccc3c(=O)[nH]cnc32)[C@H]4F)c(=O)[nH]1. The Hall–Kier alpha value is -3.12. The zero-order chi connectivity index (χ0) is 27.1.